The van der Waals surface area contributed by atoms with Gasteiger partial charge < -0.3 is 9.84 Å². The molecule has 1 aromatic rings. The molecule has 19 heavy (non-hydrogen) atoms. The average molecular weight is 268 g/mol. The number of ether oxygens (including phenoxy) is 1. The van der Waals surface area contributed by atoms with E-state index in [0.717, 1.165) is 6.07 Å². The van der Waals surface area contributed by atoms with Gasteiger partial charge >= 0.3 is 5.97 Å². The van der Waals surface area contributed by atoms with Crippen LogP contribution in [0.3, 0.4) is 0 Å². The van der Waals surface area contributed by atoms with E-state index in [2.05, 4.69) is 4.74 Å². The second-order valence-electron chi connectivity index (χ2n) is 3.96. The number of esters is 1. The summed E-state index contributed by atoms with van der Waals surface area (Å²) in [5.74, 6) is -0.705. The van der Waals surface area contributed by atoms with E-state index in [1.54, 1.807) is 0 Å². The van der Waals surface area contributed by atoms with Crippen molar-refractivity contribution in [3.63, 3.8) is 0 Å². The zero-order valence-corrected chi connectivity index (χ0v) is 10.1. The monoisotopic (exact) mass is 268 g/mol. The highest BCUT2D eigenvalue weighted by Crippen LogP contribution is 2.28. The van der Waals surface area contributed by atoms with E-state index in [0.29, 0.717) is 5.69 Å². The molecule has 1 fully saturated rings. The molecule has 2 rings (SSSR count). The number of aliphatic hydroxyl groups is 1. The van der Waals surface area contributed by atoms with Gasteiger partial charge in [-0.25, -0.2) is 4.79 Å². The summed E-state index contributed by atoms with van der Waals surface area (Å²) in [5.41, 5.74) is 0.128. The minimum atomic E-state index is -0.705. The first-order valence-corrected chi connectivity index (χ1v) is 5.48. The average Bonchev–Trinajstić information content (AvgIpc) is 2.83. The third-order valence-corrected chi connectivity index (χ3v) is 2.66. The van der Waals surface area contributed by atoms with Gasteiger partial charge in [-0.15, -0.1) is 0 Å². The molecule has 1 N–H and O–H groups in total. The molecule has 1 aliphatic heterocycles. The lowest BCUT2D eigenvalue weighted by Gasteiger charge is -2.18. The van der Waals surface area contributed by atoms with Crippen LogP contribution in [-0.2, 0) is 9.57 Å². The topological polar surface area (TPSA) is 102 Å². The fourth-order valence-corrected chi connectivity index (χ4v) is 1.77. The van der Waals surface area contributed by atoms with Gasteiger partial charge in [0.15, 0.2) is 0 Å². The summed E-state index contributed by atoms with van der Waals surface area (Å²) >= 11 is 0. The molecule has 0 aliphatic carbocycles. The predicted molar refractivity (Wildman–Crippen MR) is 63.7 cm³/mol. The molecule has 0 spiro atoms. The van der Waals surface area contributed by atoms with Crippen molar-refractivity contribution in [1.82, 2.24) is 0 Å². The van der Waals surface area contributed by atoms with E-state index >= 15 is 0 Å². The summed E-state index contributed by atoms with van der Waals surface area (Å²) in [6.45, 7) is 0.291. The molecule has 1 aliphatic rings. The van der Waals surface area contributed by atoms with Crippen LogP contribution in [0, 0.1) is 10.1 Å². The van der Waals surface area contributed by atoms with Gasteiger partial charge in [0.25, 0.3) is 5.69 Å². The third-order valence-electron chi connectivity index (χ3n) is 2.66. The van der Waals surface area contributed by atoms with Crippen LogP contribution in [0.4, 0.5) is 11.4 Å². The number of rotatable bonds is 3. The van der Waals surface area contributed by atoms with Crippen LogP contribution in [0.2, 0.25) is 0 Å². The highest BCUT2D eigenvalue weighted by Gasteiger charge is 2.27. The summed E-state index contributed by atoms with van der Waals surface area (Å²) in [6.07, 6.45) is -0.666. The Kier molecular flexibility index (Phi) is 3.63. The number of nitrogens with zero attached hydrogens (tertiary/aromatic N) is 2. The van der Waals surface area contributed by atoms with Crippen molar-refractivity contribution < 1.29 is 24.4 Å². The van der Waals surface area contributed by atoms with Crippen LogP contribution in [-0.4, -0.2) is 42.4 Å². The number of hydroxylamine groups is 1. The SMILES string of the molecule is COC(=O)c1cc([N+](=O)[O-])ccc1N1C[C@@H](O)CO1. The van der Waals surface area contributed by atoms with Gasteiger partial charge in [-0.3, -0.25) is 20.0 Å². The number of aliphatic hydroxyl groups excluding tert-OH is 1. The summed E-state index contributed by atoms with van der Waals surface area (Å²) < 4.78 is 4.59. The number of methoxy groups -OCH3 is 1. The van der Waals surface area contributed by atoms with Crippen molar-refractivity contribution in [1.29, 1.82) is 0 Å². The second kappa shape index (κ2) is 5.21. The zero-order valence-electron chi connectivity index (χ0n) is 10.1. The molecular formula is C11H12N2O6. The molecule has 1 heterocycles. The molecule has 8 heteroatoms. The van der Waals surface area contributed by atoms with Gasteiger partial charge in [0, 0.05) is 12.1 Å². The van der Waals surface area contributed by atoms with Crippen LogP contribution in [0.15, 0.2) is 18.2 Å². The first kappa shape index (κ1) is 13.2. The normalized spacial score (nSPS) is 18.4. The molecular weight excluding hydrogens is 256 g/mol. The van der Waals surface area contributed by atoms with Crippen LogP contribution < -0.4 is 5.06 Å². The number of nitro groups is 1. The third kappa shape index (κ3) is 2.64. The number of carbonyl (C=O) groups is 1. The van der Waals surface area contributed by atoms with Gasteiger partial charge in [-0.1, -0.05) is 0 Å². The number of β-amino-alcohol motifs (C(OH)–C–C–N with tert-alkyl or cyclic N) is 1. The number of hydrogen-bond acceptors (Lipinski definition) is 7. The van der Waals surface area contributed by atoms with E-state index in [1.165, 1.54) is 24.3 Å². The summed E-state index contributed by atoms with van der Waals surface area (Å²) in [5, 5.41) is 21.4. The Morgan fingerprint density at radius 3 is 2.89 bits per heavy atom. The van der Waals surface area contributed by atoms with E-state index in [-0.39, 0.29) is 24.4 Å². The van der Waals surface area contributed by atoms with Crippen LogP contribution in [0.5, 0.6) is 0 Å². The Hall–Kier alpha value is -2.19. The maximum Gasteiger partial charge on any atom is 0.340 e. The summed E-state index contributed by atoms with van der Waals surface area (Å²) in [6, 6.07) is 3.77. The Labute approximate surface area is 108 Å². The highest BCUT2D eigenvalue weighted by atomic mass is 16.7. The maximum absolute atomic E-state index is 11.7. The highest BCUT2D eigenvalue weighted by molar-refractivity contribution is 5.96. The molecule has 1 aromatic carbocycles. The van der Waals surface area contributed by atoms with E-state index < -0.39 is 17.0 Å². The molecule has 0 radical (unpaired) electrons. The van der Waals surface area contributed by atoms with Crippen molar-refractivity contribution in [3.05, 3.63) is 33.9 Å². The first-order valence-electron chi connectivity index (χ1n) is 5.48. The van der Waals surface area contributed by atoms with Crippen molar-refractivity contribution in [3.8, 4) is 0 Å². The van der Waals surface area contributed by atoms with Gasteiger partial charge in [0.2, 0.25) is 0 Å². The van der Waals surface area contributed by atoms with Gasteiger partial charge in [0.05, 0.1) is 35.9 Å². The molecule has 1 atom stereocenters. The number of nitro benzene ring substituents is 1. The molecule has 102 valence electrons. The van der Waals surface area contributed by atoms with Crippen molar-refractivity contribution in [2.45, 2.75) is 6.10 Å². The lowest BCUT2D eigenvalue weighted by molar-refractivity contribution is -0.384. The summed E-state index contributed by atoms with van der Waals surface area (Å²) in [4.78, 5) is 27.0. The number of non-ortho nitro benzene ring substituents is 1. The summed E-state index contributed by atoms with van der Waals surface area (Å²) in [7, 11) is 1.19. The number of benzene rings is 1. The Morgan fingerprint density at radius 1 is 1.63 bits per heavy atom. The smallest absolute Gasteiger partial charge is 0.340 e. The van der Waals surface area contributed by atoms with E-state index in [9.17, 15) is 20.0 Å². The van der Waals surface area contributed by atoms with E-state index in [4.69, 9.17) is 4.84 Å². The van der Waals surface area contributed by atoms with Crippen molar-refractivity contribution >= 4 is 17.3 Å². The minimum Gasteiger partial charge on any atom is -0.465 e. The maximum atomic E-state index is 11.7. The lowest BCUT2D eigenvalue weighted by Crippen LogP contribution is -2.22. The number of carbonyl (C=O) groups excluding carboxylic acids is 1. The van der Waals surface area contributed by atoms with Crippen molar-refractivity contribution in [2.75, 3.05) is 25.3 Å². The number of hydrogen-bond donors (Lipinski definition) is 1. The fraction of sp³-hybridized carbons (Fsp3) is 0.364. The van der Waals surface area contributed by atoms with Crippen LogP contribution in [0.1, 0.15) is 10.4 Å². The molecule has 0 bridgehead atoms. The van der Waals surface area contributed by atoms with Crippen LogP contribution in [0.25, 0.3) is 0 Å². The molecule has 8 nitrogen and oxygen atoms in total. The Balaban J connectivity index is 2.42. The van der Waals surface area contributed by atoms with Crippen LogP contribution >= 0.6 is 0 Å². The van der Waals surface area contributed by atoms with E-state index in [1.807, 2.05) is 0 Å². The van der Waals surface area contributed by atoms with Gasteiger partial charge in [0.1, 0.15) is 6.61 Å². The Morgan fingerprint density at radius 2 is 2.37 bits per heavy atom. The fourth-order valence-electron chi connectivity index (χ4n) is 1.77. The predicted octanol–water partition coefficient (Wildman–Crippen LogP) is 0.494. The number of anilines is 1. The minimum absolute atomic E-state index is 0.0193. The largest absolute Gasteiger partial charge is 0.465 e. The molecule has 0 aromatic heterocycles. The van der Waals surface area contributed by atoms with Crippen molar-refractivity contribution in [2.24, 2.45) is 0 Å². The molecule has 0 amide bonds. The second-order valence-corrected chi connectivity index (χ2v) is 3.96. The zero-order chi connectivity index (χ0) is 14.0. The van der Waals surface area contributed by atoms with Gasteiger partial charge in [-0.2, -0.15) is 0 Å². The quantitative estimate of drug-likeness (QED) is 0.483. The molecule has 1 saturated heterocycles. The van der Waals surface area contributed by atoms with Gasteiger partial charge in [-0.05, 0) is 6.07 Å². The molecule has 0 unspecified atom stereocenters. The first-order chi connectivity index (χ1) is 9.02. The molecule has 0 saturated carbocycles. The lowest BCUT2D eigenvalue weighted by atomic mass is 10.1. The Bertz CT molecular complexity index is 518. The standard InChI is InChI=1S/C11H12N2O6/c1-18-11(15)9-4-7(13(16)17)2-3-10(9)12-5-8(14)6-19-12/h2-4,8,14H,5-6H2,1H3/t8-/m1/s1.